The lowest BCUT2D eigenvalue weighted by atomic mass is 9.89. The highest BCUT2D eigenvalue weighted by Gasteiger charge is 2.46. The lowest BCUT2D eigenvalue weighted by molar-refractivity contribution is 0.153. The Balaban J connectivity index is 1.99. The lowest BCUT2D eigenvalue weighted by Gasteiger charge is -2.33. The Bertz CT molecular complexity index is 639. The minimum atomic E-state index is -0.603. The van der Waals surface area contributed by atoms with E-state index < -0.39 is 5.54 Å². The normalized spacial score (nSPS) is 21.1. The van der Waals surface area contributed by atoms with Crippen LogP contribution in [0, 0.1) is 0 Å². The first kappa shape index (κ1) is 13.4. The quantitative estimate of drug-likeness (QED) is 0.798. The third-order valence-corrected chi connectivity index (χ3v) is 3.91. The first-order valence-electron chi connectivity index (χ1n) is 6.94. The van der Waals surface area contributed by atoms with Crippen LogP contribution >= 0.6 is 0 Å². The molecule has 0 aromatic heterocycles. The zero-order valence-corrected chi connectivity index (χ0v) is 11.7. The SMILES string of the molecule is C=CC1(c2ccccc2)COC(=O)N1Cc1ccccc1. The van der Waals surface area contributed by atoms with Crippen molar-refractivity contribution in [1.82, 2.24) is 4.90 Å². The maximum atomic E-state index is 12.2. The molecule has 2 aromatic rings. The Morgan fingerprint density at radius 1 is 1.10 bits per heavy atom. The van der Waals surface area contributed by atoms with Crippen molar-refractivity contribution in [3.8, 4) is 0 Å². The minimum Gasteiger partial charge on any atom is -0.446 e. The molecule has 1 aliphatic rings. The van der Waals surface area contributed by atoms with Gasteiger partial charge in [0, 0.05) is 0 Å². The molecular weight excluding hydrogens is 262 g/mol. The van der Waals surface area contributed by atoms with Gasteiger partial charge >= 0.3 is 6.09 Å². The van der Waals surface area contributed by atoms with E-state index in [0.717, 1.165) is 11.1 Å². The number of rotatable bonds is 4. The van der Waals surface area contributed by atoms with Crippen LogP contribution in [0.4, 0.5) is 4.79 Å². The largest absolute Gasteiger partial charge is 0.446 e. The second-order valence-corrected chi connectivity index (χ2v) is 5.12. The Morgan fingerprint density at radius 2 is 1.71 bits per heavy atom. The molecule has 1 aliphatic heterocycles. The summed E-state index contributed by atoms with van der Waals surface area (Å²) >= 11 is 0. The highest BCUT2D eigenvalue weighted by Crippen LogP contribution is 2.37. The van der Waals surface area contributed by atoms with Gasteiger partial charge in [-0.3, -0.25) is 4.90 Å². The maximum Gasteiger partial charge on any atom is 0.411 e. The van der Waals surface area contributed by atoms with E-state index in [1.54, 1.807) is 11.0 Å². The summed E-state index contributed by atoms with van der Waals surface area (Å²) in [4.78, 5) is 13.9. The van der Waals surface area contributed by atoms with Gasteiger partial charge in [-0.1, -0.05) is 66.7 Å². The number of ether oxygens (including phenoxy) is 1. The van der Waals surface area contributed by atoms with Crippen molar-refractivity contribution in [2.45, 2.75) is 12.1 Å². The van der Waals surface area contributed by atoms with Crippen LogP contribution in [0.25, 0.3) is 0 Å². The number of amides is 1. The van der Waals surface area contributed by atoms with Gasteiger partial charge in [0.2, 0.25) is 0 Å². The Kier molecular flexibility index (Phi) is 3.48. The molecule has 106 valence electrons. The van der Waals surface area contributed by atoms with Crippen LogP contribution in [0.15, 0.2) is 73.3 Å². The first-order valence-corrected chi connectivity index (χ1v) is 6.94. The second-order valence-electron chi connectivity index (χ2n) is 5.12. The fraction of sp³-hybridized carbons (Fsp3) is 0.167. The maximum absolute atomic E-state index is 12.2. The van der Waals surface area contributed by atoms with Crippen LogP contribution in [-0.2, 0) is 16.8 Å². The van der Waals surface area contributed by atoms with E-state index in [1.165, 1.54) is 0 Å². The van der Waals surface area contributed by atoms with Crippen LogP contribution in [0.1, 0.15) is 11.1 Å². The highest BCUT2D eigenvalue weighted by molar-refractivity contribution is 5.72. The van der Waals surface area contributed by atoms with E-state index in [0.29, 0.717) is 13.2 Å². The van der Waals surface area contributed by atoms with Gasteiger partial charge in [-0.15, -0.1) is 6.58 Å². The number of carbonyl (C=O) groups is 1. The average Bonchev–Trinajstić information content (AvgIpc) is 2.87. The van der Waals surface area contributed by atoms with Gasteiger partial charge < -0.3 is 4.74 Å². The summed E-state index contributed by atoms with van der Waals surface area (Å²) in [5.74, 6) is 0. The van der Waals surface area contributed by atoms with Crippen LogP contribution in [0.2, 0.25) is 0 Å². The molecule has 3 nitrogen and oxygen atoms in total. The molecule has 1 atom stereocenters. The van der Waals surface area contributed by atoms with E-state index >= 15 is 0 Å². The minimum absolute atomic E-state index is 0.298. The smallest absolute Gasteiger partial charge is 0.411 e. The van der Waals surface area contributed by atoms with Crippen LogP contribution in [0.3, 0.4) is 0 Å². The van der Waals surface area contributed by atoms with Crippen molar-refractivity contribution in [2.24, 2.45) is 0 Å². The topological polar surface area (TPSA) is 29.5 Å². The number of carbonyl (C=O) groups excluding carboxylic acids is 1. The number of nitrogens with zero attached hydrogens (tertiary/aromatic N) is 1. The number of cyclic esters (lactones) is 1. The highest BCUT2D eigenvalue weighted by atomic mass is 16.6. The van der Waals surface area contributed by atoms with Gasteiger partial charge in [0.1, 0.15) is 12.1 Å². The molecule has 1 heterocycles. The molecule has 0 N–H and O–H groups in total. The summed E-state index contributed by atoms with van der Waals surface area (Å²) in [5.41, 5.74) is 1.48. The van der Waals surface area contributed by atoms with Crippen molar-refractivity contribution in [3.63, 3.8) is 0 Å². The summed E-state index contributed by atoms with van der Waals surface area (Å²) in [7, 11) is 0. The summed E-state index contributed by atoms with van der Waals surface area (Å²) in [5, 5.41) is 0. The van der Waals surface area contributed by atoms with Crippen molar-refractivity contribution in [2.75, 3.05) is 6.61 Å². The average molecular weight is 279 g/mol. The molecule has 0 radical (unpaired) electrons. The Hall–Kier alpha value is -2.55. The molecule has 3 rings (SSSR count). The van der Waals surface area contributed by atoms with E-state index in [-0.39, 0.29) is 6.09 Å². The molecule has 0 saturated carbocycles. The molecule has 0 bridgehead atoms. The predicted molar refractivity (Wildman–Crippen MR) is 81.7 cm³/mol. The molecule has 0 aliphatic carbocycles. The second kappa shape index (κ2) is 5.44. The van der Waals surface area contributed by atoms with E-state index in [2.05, 4.69) is 6.58 Å². The molecule has 21 heavy (non-hydrogen) atoms. The first-order chi connectivity index (χ1) is 10.3. The van der Waals surface area contributed by atoms with Crippen molar-refractivity contribution >= 4 is 6.09 Å². The fourth-order valence-electron chi connectivity index (χ4n) is 2.72. The Labute approximate surface area is 124 Å². The summed E-state index contributed by atoms with van der Waals surface area (Å²) in [6.45, 7) is 4.74. The molecule has 1 unspecified atom stereocenters. The third-order valence-electron chi connectivity index (χ3n) is 3.91. The number of benzene rings is 2. The molecule has 1 fully saturated rings. The van der Waals surface area contributed by atoms with Gasteiger partial charge in [0.05, 0.1) is 6.54 Å². The molecule has 3 heteroatoms. The van der Waals surface area contributed by atoms with Gasteiger partial charge in [-0.2, -0.15) is 0 Å². The van der Waals surface area contributed by atoms with Crippen molar-refractivity contribution in [1.29, 1.82) is 0 Å². The van der Waals surface area contributed by atoms with E-state index in [4.69, 9.17) is 4.74 Å². The van der Waals surface area contributed by atoms with Crippen LogP contribution < -0.4 is 0 Å². The van der Waals surface area contributed by atoms with Gasteiger partial charge in [0.15, 0.2) is 0 Å². The zero-order chi connectivity index (χ0) is 14.7. The summed E-state index contributed by atoms with van der Waals surface area (Å²) in [6.07, 6.45) is 1.50. The molecule has 0 spiro atoms. The van der Waals surface area contributed by atoms with Crippen LogP contribution in [-0.4, -0.2) is 17.6 Å². The molecular formula is C18H17NO2. The lowest BCUT2D eigenvalue weighted by Crippen LogP contribution is -2.42. The zero-order valence-electron chi connectivity index (χ0n) is 11.7. The number of hydrogen-bond acceptors (Lipinski definition) is 2. The Morgan fingerprint density at radius 3 is 2.33 bits per heavy atom. The summed E-state index contributed by atoms with van der Waals surface area (Å²) < 4.78 is 5.31. The molecule has 2 aromatic carbocycles. The fourth-order valence-corrected chi connectivity index (χ4v) is 2.72. The summed E-state index contributed by atoms with van der Waals surface area (Å²) in [6, 6.07) is 19.8. The van der Waals surface area contributed by atoms with Crippen molar-refractivity contribution in [3.05, 3.63) is 84.4 Å². The third kappa shape index (κ3) is 2.31. The molecule has 1 saturated heterocycles. The van der Waals surface area contributed by atoms with Gasteiger partial charge in [0.25, 0.3) is 0 Å². The van der Waals surface area contributed by atoms with E-state index in [9.17, 15) is 4.79 Å². The number of hydrogen-bond donors (Lipinski definition) is 0. The van der Waals surface area contributed by atoms with Crippen molar-refractivity contribution < 1.29 is 9.53 Å². The standard InChI is InChI=1S/C18H17NO2/c1-2-18(16-11-7-4-8-12-16)14-21-17(20)19(18)13-15-9-5-3-6-10-15/h2-12H,1,13-14H2. The predicted octanol–water partition coefficient (Wildman–Crippen LogP) is 3.72. The van der Waals surface area contributed by atoms with Gasteiger partial charge in [-0.25, -0.2) is 4.79 Å². The monoisotopic (exact) mass is 279 g/mol. The van der Waals surface area contributed by atoms with E-state index in [1.807, 2.05) is 60.7 Å². The van der Waals surface area contributed by atoms with Crippen LogP contribution in [0.5, 0.6) is 0 Å². The molecule has 1 amide bonds. The van der Waals surface area contributed by atoms with Gasteiger partial charge in [-0.05, 0) is 11.1 Å².